The quantitative estimate of drug-likeness (QED) is 0.477. The van der Waals surface area contributed by atoms with Crippen LogP contribution in [0.2, 0.25) is 0 Å². The van der Waals surface area contributed by atoms with Gasteiger partial charge in [0.2, 0.25) is 5.95 Å². The van der Waals surface area contributed by atoms with E-state index >= 15 is 0 Å². The smallest absolute Gasteiger partial charge is 0.227 e. The lowest BCUT2D eigenvalue weighted by Crippen LogP contribution is -2.07. The van der Waals surface area contributed by atoms with Gasteiger partial charge in [-0.2, -0.15) is 10.5 Å². The van der Waals surface area contributed by atoms with Crippen LogP contribution in [-0.2, 0) is 0 Å². The number of nitrogens with zero attached hydrogens (tertiary/aromatic N) is 4. The van der Waals surface area contributed by atoms with Gasteiger partial charge in [-0.3, -0.25) is 0 Å². The van der Waals surface area contributed by atoms with E-state index in [-0.39, 0.29) is 17.2 Å². The second kappa shape index (κ2) is 9.05. The van der Waals surface area contributed by atoms with Gasteiger partial charge in [0.15, 0.2) is 0 Å². The molecule has 0 aliphatic carbocycles. The van der Waals surface area contributed by atoms with E-state index in [4.69, 9.17) is 10.5 Å². The summed E-state index contributed by atoms with van der Waals surface area (Å²) in [6.07, 6.45) is 0.190. The summed E-state index contributed by atoms with van der Waals surface area (Å²) in [6, 6.07) is 23.7. The minimum Gasteiger partial charge on any atom is -0.382 e. The minimum atomic E-state index is -1.28. The molecule has 1 atom stereocenters. The first-order valence-electron chi connectivity index (χ1n) is 9.65. The molecule has 0 saturated carbocycles. The lowest BCUT2D eigenvalue weighted by Gasteiger charge is -2.14. The second-order valence-corrected chi connectivity index (χ2v) is 6.95. The Morgan fingerprint density at radius 3 is 2.09 bits per heavy atom. The fourth-order valence-corrected chi connectivity index (χ4v) is 3.17. The van der Waals surface area contributed by atoms with Crippen LogP contribution in [0.5, 0.6) is 0 Å². The number of benzene rings is 3. The summed E-state index contributed by atoms with van der Waals surface area (Å²) < 4.78 is 14.8. The summed E-state index contributed by atoms with van der Waals surface area (Å²) in [5.74, 6) is -0.333. The number of nitriles is 2. The Kier molecular flexibility index (Phi) is 5.85. The molecule has 2 N–H and O–H groups in total. The molecule has 3 aromatic carbocycles. The third-order valence-electron chi connectivity index (χ3n) is 4.87. The van der Waals surface area contributed by atoms with Crippen LogP contribution in [-0.4, -0.2) is 15.1 Å². The summed E-state index contributed by atoms with van der Waals surface area (Å²) in [5.41, 5.74) is 3.45. The zero-order chi connectivity index (χ0) is 22.5. The van der Waals surface area contributed by atoms with Crippen LogP contribution in [0.3, 0.4) is 0 Å². The first kappa shape index (κ1) is 20.7. The number of rotatable bonds is 5. The first-order chi connectivity index (χ1) is 15.6. The van der Waals surface area contributed by atoms with E-state index in [1.807, 2.05) is 12.1 Å². The Morgan fingerprint density at radius 2 is 1.47 bits per heavy atom. The minimum absolute atomic E-state index is 0.0884. The molecule has 4 rings (SSSR count). The fourth-order valence-electron chi connectivity index (χ4n) is 3.17. The second-order valence-electron chi connectivity index (χ2n) is 6.95. The molecular weight excluding hydrogens is 405 g/mol. The SMILES string of the molecule is N#Cc1ccc(Nc2nccc([C@H](O)c3ccc(-c4ccc(C#N)cc4)cc3F)n2)cc1. The molecule has 0 aliphatic heterocycles. The largest absolute Gasteiger partial charge is 0.382 e. The number of hydrogen-bond acceptors (Lipinski definition) is 6. The molecule has 0 radical (unpaired) electrons. The summed E-state index contributed by atoms with van der Waals surface area (Å²) >= 11 is 0. The van der Waals surface area contributed by atoms with E-state index in [0.717, 1.165) is 5.56 Å². The number of aliphatic hydroxyl groups is 1. The van der Waals surface area contributed by atoms with Gasteiger partial charge in [-0.05, 0) is 59.7 Å². The highest BCUT2D eigenvalue weighted by Gasteiger charge is 2.18. The maximum atomic E-state index is 14.8. The van der Waals surface area contributed by atoms with Gasteiger partial charge < -0.3 is 10.4 Å². The normalized spacial score (nSPS) is 11.2. The maximum Gasteiger partial charge on any atom is 0.227 e. The maximum absolute atomic E-state index is 14.8. The highest BCUT2D eigenvalue weighted by molar-refractivity contribution is 5.65. The Hall–Kier alpha value is -4.59. The van der Waals surface area contributed by atoms with Crippen molar-refractivity contribution in [3.05, 3.63) is 107 Å². The van der Waals surface area contributed by atoms with Gasteiger partial charge in [-0.25, -0.2) is 14.4 Å². The van der Waals surface area contributed by atoms with E-state index in [1.54, 1.807) is 54.6 Å². The number of anilines is 2. The zero-order valence-corrected chi connectivity index (χ0v) is 16.7. The van der Waals surface area contributed by atoms with Crippen molar-refractivity contribution in [2.75, 3.05) is 5.32 Å². The number of aliphatic hydroxyl groups excluding tert-OH is 1. The molecule has 4 aromatic rings. The van der Waals surface area contributed by atoms with Crippen molar-refractivity contribution in [2.45, 2.75) is 6.10 Å². The Labute approximate surface area is 183 Å². The molecule has 0 spiro atoms. The molecule has 0 bridgehead atoms. The number of hydrogen-bond donors (Lipinski definition) is 2. The number of halogens is 1. The molecule has 0 saturated heterocycles. The first-order valence-corrected chi connectivity index (χ1v) is 9.65. The number of nitrogens with one attached hydrogen (secondary N) is 1. The lowest BCUT2D eigenvalue weighted by molar-refractivity contribution is 0.210. The van der Waals surface area contributed by atoms with Crippen molar-refractivity contribution in [3.8, 4) is 23.3 Å². The third-order valence-corrected chi connectivity index (χ3v) is 4.87. The molecule has 0 aliphatic rings. The van der Waals surface area contributed by atoms with E-state index in [9.17, 15) is 9.50 Å². The van der Waals surface area contributed by atoms with Crippen LogP contribution in [0, 0.1) is 28.5 Å². The number of aromatic nitrogens is 2. The predicted octanol–water partition coefficient (Wildman–Crippen LogP) is 4.85. The van der Waals surface area contributed by atoms with Crippen molar-refractivity contribution in [1.29, 1.82) is 10.5 Å². The van der Waals surface area contributed by atoms with Crippen LogP contribution in [0.4, 0.5) is 16.0 Å². The monoisotopic (exact) mass is 421 g/mol. The Bertz CT molecular complexity index is 1340. The summed E-state index contributed by atoms with van der Waals surface area (Å²) in [6.45, 7) is 0. The van der Waals surface area contributed by atoms with Crippen LogP contribution in [0.15, 0.2) is 79.0 Å². The fraction of sp³-hybridized carbons (Fsp3) is 0.0400. The van der Waals surface area contributed by atoms with Crippen LogP contribution >= 0.6 is 0 Å². The van der Waals surface area contributed by atoms with E-state index in [0.29, 0.717) is 22.4 Å². The molecule has 0 fully saturated rings. The van der Waals surface area contributed by atoms with Crippen molar-refractivity contribution in [2.24, 2.45) is 0 Å². The molecule has 1 heterocycles. The molecule has 0 unspecified atom stereocenters. The van der Waals surface area contributed by atoms with Gasteiger partial charge in [0.1, 0.15) is 11.9 Å². The standard InChI is InChI=1S/C25H16FN5O/c26-22-13-19(18-5-1-16(14-27)2-6-18)7-10-21(22)24(32)23-11-12-29-25(31-23)30-20-8-3-17(15-28)4-9-20/h1-13,24,32H,(H,29,30,31)/t24-/m1/s1. The van der Waals surface area contributed by atoms with Crippen molar-refractivity contribution in [3.63, 3.8) is 0 Å². The molecular formula is C25H16FN5O. The van der Waals surface area contributed by atoms with E-state index < -0.39 is 11.9 Å². The topological polar surface area (TPSA) is 106 Å². The Morgan fingerprint density at radius 1 is 0.844 bits per heavy atom. The lowest BCUT2D eigenvalue weighted by atomic mass is 9.99. The van der Waals surface area contributed by atoms with Gasteiger partial charge in [0.05, 0.1) is 29.0 Å². The average molecular weight is 421 g/mol. The van der Waals surface area contributed by atoms with Gasteiger partial charge in [-0.15, -0.1) is 0 Å². The Balaban J connectivity index is 1.55. The van der Waals surface area contributed by atoms with Crippen LogP contribution in [0.25, 0.3) is 11.1 Å². The molecule has 154 valence electrons. The highest BCUT2D eigenvalue weighted by atomic mass is 19.1. The zero-order valence-electron chi connectivity index (χ0n) is 16.7. The predicted molar refractivity (Wildman–Crippen MR) is 117 cm³/mol. The van der Waals surface area contributed by atoms with Gasteiger partial charge >= 0.3 is 0 Å². The van der Waals surface area contributed by atoms with Gasteiger partial charge in [0, 0.05) is 17.4 Å². The molecule has 32 heavy (non-hydrogen) atoms. The third kappa shape index (κ3) is 4.44. The summed E-state index contributed by atoms with van der Waals surface area (Å²) in [4.78, 5) is 8.42. The van der Waals surface area contributed by atoms with E-state index in [2.05, 4.69) is 15.3 Å². The van der Waals surface area contributed by atoms with Gasteiger partial charge in [0.25, 0.3) is 0 Å². The molecule has 1 aromatic heterocycles. The van der Waals surface area contributed by atoms with Crippen molar-refractivity contribution < 1.29 is 9.50 Å². The molecule has 0 amide bonds. The van der Waals surface area contributed by atoms with Crippen molar-refractivity contribution >= 4 is 11.6 Å². The molecule has 6 nitrogen and oxygen atoms in total. The molecule has 7 heteroatoms. The van der Waals surface area contributed by atoms with Crippen molar-refractivity contribution in [1.82, 2.24) is 9.97 Å². The van der Waals surface area contributed by atoms with Crippen LogP contribution in [0.1, 0.15) is 28.5 Å². The van der Waals surface area contributed by atoms with Crippen LogP contribution < -0.4 is 5.32 Å². The van der Waals surface area contributed by atoms with Gasteiger partial charge in [-0.1, -0.05) is 24.3 Å². The highest BCUT2D eigenvalue weighted by Crippen LogP contribution is 2.28. The summed E-state index contributed by atoms with van der Waals surface area (Å²) in [7, 11) is 0. The average Bonchev–Trinajstić information content (AvgIpc) is 2.84. The summed E-state index contributed by atoms with van der Waals surface area (Å²) in [5, 5.41) is 31.5. The van der Waals surface area contributed by atoms with E-state index in [1.165, 1.54) is 24.4 Å².